The molecule has 10 nitrogen and oxygen atoms in total. The number of unbranched alkanes of at least 4 members (excludes halogenated alkanes) is 3. The topological polar surface area (TPSA) is 141 Å². The molecule has 0 aliphatic carbocycles. The standard InChI is InChI=1S/C31H43N3O7/c35-21-23-9-11-24(12-10-23)28-17-27(20-34-16-15-26(36)19-34)40-31(41-28)25-13-7-22(8-14-25)18-32-29(37)5-3-1-2-4-6-30(38)33-39/h7-14,26-28,31,35-36,39H,1-6,15-21H2,(H,32,37)(H,33,38)/t26-,27-,28+,31+/m0/s1. The number of carbonyl (C=O) groups is 2. The van der Waals surface area contributed by atoms with Gasteiger partial charge in [0.15, 0.2) is 6.29 Å². The minimum Gasteiger partial charge on any atom is -0.392 e. The van der Waals surface area contributed by atoms with Gasteiger partial charge in [-0.3, -0.25) is 19.7 Å². The van der Waals surface area contributed by atoms with Crippen molar-refractivity contribution in [2.75, 3.05) is 19.6 Å². The molecule has 5 N–H and O–H groups in total. The Bertz CT molecular complexity index is 1100. The van der Waals surface area contributed by atoms with Gasteiger partial charge in [0, 0.05) is 51.0 Å². The maximum atomic E-state index is 12.2. The maximum Gasteiger partial charge on any atom is 0.243 e. The molecule has 4 rings (SSSR count). The first-order chi connectivity index (χ1) is 19.9. The van der Waals surface area contributed by atoms with Crippen LogP contribution in [0.1, 0.15) is 86.0 Å². The van der Waals surface area contributed by atoms with Gasteiger partial charge in [-0.2, -0.15) is 0 Å². The van der Waals surface area contributed by atoms with Gasteiger partial charge in [0.2, 0.25) is 11.8 Å². The summed E-state index contributed by atoms with van der Waals surface area (Å²) in [5.41, 5.74) is 5.40. The first-order valence-electron chi connectivity index (χ1n) is 14.6. The molecule has 0 spiro atoms. The van der Waals surface area contributed by atoms with E-state index in [9.17, 15) is 19.8 Å². The third-order valence-electron chi connectivity index (χ3n) is 7.75. The molecule has 0 aromatic heterocycles. The molecule has 10 heteroatoms. The third-order valence-corrected chi connectivity index (χ3v) is 7.75. The number of β-amino-alcohol motifs (C(OH)–C–C–N with tert-alkyl or cyclic N) is 1. The normalized spacial score (nSPS) is 22.9. The molecule has 0 unspecified atom stereocenters. The van der Waals surface area contributed by atoms with Crippen LogP contribution in [0.4, 0.5) is 0 Å². The third kappa shape index (κ3) is 9.88. The lowest BCUT2D eigenvalue weighted by atomic mass is 9.99. The van der Waals surface area contributed by atoms with E-state index in [1.165, 1.54) is 0 Å². The number of amides is 2. The van der Waals surface area contributed by atoms with Gasteiger partial charge in [0.05, 0.1) is 24.9 Å². The van der Waals surface area contributed by atoms with Gasteiger partial charge in [0.25, 0.3) is 0 Å². The number of nitrogens with zero attached hydrogens (tertiary/aromatic N) is 1. The number of hydroxylamine groups is 1. The maximum absolute atomic E-state index is 12.2. The summed E-state index contributed by atoms with van der Waals surface area (Å²) in [5, 5.41) is 30.8. The number of benzene rings is 2. The summed E-state index contributed by atoms with van der Waals surface area (Å²) >= 11 is 0. The summed E-state index contributed by atoms with van der Waals surface area (Å²) in [6.45, 7) is 2.67. The van der Waals surface area contributed by atoms with Crippen molar-refractivity contribution in [2.45, 2.75) is 89.1 Å². The molecule has 4 atom stereocenters. The second kappa shape index (κ2) is 16.0. The van der Waals surface area contributed by atoms with E-state index in [1.54, 1.807) is 5.48 Å². The number of aliphatic hydroxyl groups excluding tert-OH is 2. The van der Waals surface area contributed by atoms with Crippen LogP contribution in [0.15, 0.2) is 48.5 Å². The van der Waals surface area contributed by atoms with Crippen LogP contribution in [0, 0.1) is 0 Å². The van der Waals surface area contributed by atoms with Crippen molar-refractivity contribution in [1.82, 2.24) is 15.7 Å². The second-order valence-electron chi connectivity index (χ2n) is 11.0. The quantitative estimate of drug-likeness (QED) is 0.133. The summed E-state index contributed by atoms with van der Waals surface area (Å²) in [7, 11) is 0. The Kier molecular flexibility index (Phi) is 12.1. The number of rotatable bonds is 14. The van der Waals surface area contributed by atoms with Gasteiger partial charge >= 0.3 is 0 Å². The van der Waals surface area contributed by atoms with Crippen molar-refractivity contribution in [1.29, 1.82) is 0 Å². The molecule has 2 aromatic carbocycles. The lowest BCUT2D eigenvalue weighted by Gasteiger charge is -2.37. The van der Waals surface area contributed by atoms with E-state index in [2.05, 4.69) is 10.2 Å². The smallest absolute Gasteiger partial charge is 0.243 e. The molecule has 2 aliphatic heterocycles. The zero-order chi connectivity index (χ0) is 29.0. The van der Waals surface area contributed by atoms with Crippen molar-refractivity contribution in [3.63, 3.8) is 0 Å². The van der Waals surface area contributed by atoms with Crippen molar-refractivity contribution >= 4 is 11.8 Å². The molecule has 2 amide bonds. The monoisotopic (exact) mass is 569 g/mol. The van der Waals surface area contributed by atoms with E-state index < -0.39 is 6.29 Å². The van der Waals surface area contributed by atoms with Crippen LogP contribution in [-0.2, 0) is 32.2 Å². The minimum atomic E-state index is -0.545. The van der Waals surface area contributed by atoms with Crippen molar-refractivity contribution in [2.24, 2.45) is 0 Å². The second-order valence-corrected chi connectivity index (χ2v) is 11.0. The Morgan fingerprint density at radius 3 is 2.17 bits per heavy atom. The molecule has 0 radical (unpaired) electrons. The van der Waals surface area contributed by atoms with E-state index in [1.807, 2.05) is 48.5 Å². The highest BCUT2D eigenvalue weighted by molar-refractivity contribution is 5.75. The number of hydrogen-bond donors (Lipinski definition) is 5. The van der Waals surface area contributed by atoms with Crippen LogP contribution in [0.3, 0.4) is 0 Å². The van der Waals surface area contributed by atoms with E-state index in [0.717, 1.165) is 61.0 Å². The fourth-order valence-corrected chi connectivity index (χ4v) is 5.36. The molecule has 2 saturated heterocycles. The van der Waals surface area contributed by atoms with Crippen LogP contribution in [-0.4, -0.2) is 64.0 Å². The van der Waals surface area contributed by atoms with Gasteiger partial charge in [-0.15, -0.1) is 0 Å². The van der Waals surface area contributed by atoms with Crippen LogP contribution in [0.25, 0.3) is 0 Å². The van der Waals surface area contributed by atoms with Crippen molar-refractivity contribution < 1.29 is 34.5 Å². The highest BCUT2D eigenvalue weighted by Gasteiger charge is 2.34. The van der Waals surface area contributed by atoms with Gasteiger partial charge in [0.1, 0.15) is 0 Å². The Morgan fingerprint density at radius 1 is 0.878 bits per heavy atom. The Morgan fingerprint density at radius 2 is 1.54 bits per heavy atom. The first kappa shape index (κ1) is 31.1. The number of hydrogen-bond acceptors (Lipinski definition) is 8. The highest BCUT2D eigenvalue weighted by atomic mass is 16.7. The number of aliphatic hydroxyl groups is 2. The summed E-state index contributed by atoms with van der Waals surface area (Å²) in [5.74, 6) is -0.391. The Labute approximate surface area is 241 Å². The van der Waals surface area contributed by atoms with E-state index in [0.29, 0.717) is 32.4 Å². The molecule has 41 heavy (non-hydrogen) atoms. The number of ether oxygens (including phenoxy) is 2. The number of nitrogens with one attached hydrogen (secondary N) is 2. The molecule has 0 saturated carbocycles. The molecule has 0 bridgehead atoms. The Balaban J connectivity index is 1.29. The van der Waals surface area contributed by atoms with Crippen LogP contribution < -0.4 is 10.8 Å². The number of likely N-dealkylation sites (tertiary alicyclic amines) is 1. The predicted octanol–water partition coefficient (Wildman–Crippen LogP) is 3.25. The molecule has 2 fully saturated rings. The summed E-state index contributed by atoms with van der Waals surface area (Å²) in [4.78, 5) is 25.5. The van der Waals surface area contributed by atoms with E-state index in [4.69, 9.17) is 14.7 Å². The fraction of sp³-hybridized carbons (Fsp3) is 0.548. The summed E-state index contributed by atoms with van der Waals surface area (Å²) in [6.07, 6.45) is 4.28. The number of carbonyl (C=O) groups excluding carboxylic acids is 2. The van der Waals surface area contributed by atoms with Crippen molar-refractivity contribution in [3.05, 3.63) is 70.8 Å². The van der Waals surface area contributed by atoms with Gasteiger partial charge in [-0.05, 0) is 36.0 Å². The highest BCUT2D eigenvalue weighted by Crippen LogP contribution is 2.38. The lowest BCUT2D eigenvalue weighted by Crippen LogP contribution is -2.38. The average Bonchev–Trinajstić information content (AvgIpc) is 3.41. The minimum absolute atomic E-state index is 0.00233. The molecule has 2 heterocycles. The molecular formula is C31H43N3O7. The zero-order valence-corrected chi connectivity index (χ0v) is 23.5. The summed E-state index contributed by atoms with van der Waals surface area (Å²) in [6, 6.07) is 15.7. The average molecular weight is 570 g/mol. The molecule has 2 aliphatic rings. The van der Waals surface area contributed by atoms with Crippen molar-refractivity contribution in [3.8, 4) is 0 Å². The predicted molar refractivity (Wildman–Crippen MR) is 151 cm³/mol. The van der Waals surface area contributed by atoms with E-state index in [-0.39, 0.29) is 43.2 Å². The summed E-state index contributed by atoms with van der Waals surface area (Å²) < 4.78 is 12.8. The van der Waals surface area contributed by atoms with E-state index >= 15 is 0 Å². The van der Waals surface area contributed by atoms with Gasteiger partial charge < -0.3 is 25.0 Å². The molecule has 2 aromatic rings. The fourth-order valence-electron chi connectivity index (χ4n) is 5.36. The van der Waals surface area contributed by atoms with Crippen LogP contribution in [0.2, 0.25) is 0 Å². The largest absolute Gasteiger partial charge is 0.392 e. The molecule has 224 valence electrons. The van der Waals surface area contributed by atoms with Gasteiger partial charge in [-0.1, -0.05) is 61.4 Å². The first-order valence-corrected chi connectivity index (χ1v) is 14.6. The lowest BCUT2D eigenvalue weighted by molar-refractivity contribution is -0.252. The zero-order valence-electron chi connectivity index (χ0n) is 23.5. The molecular weight excluding hydrogens is 526 g/mol. The van der Waals surface area contributed by atoms with Crippen LogP contribution >= 0.6 is 0 Å². The van der Waals surface area contributed by atoms with Gasteiger partial charge in [-0.25, -0.2) is 5.48 Å². The van der Waals surface area contributed by atoms with Crippen LogP contribution in [0.5, 0.6) is 0 Å². The SMILES string of the molecule is O=C(CCCCCCC(=O)NCc1ccc([C@@H]2O[C@H](CN3CC[C@H](O)C3)C[C@H](c3ccc(CO)cc3)O2)cc1)NO. The Hall–Kier alpha value is -2.86.